The molecule has 0 heterocycles. The highest BCUT2D eigenvalue weighted by Crippen LogP contribution is 2.41. The smallest absolute Gasteiger partial charge is 0.192 e. The Morgan fingerprint density at radius 3 is 2.04 bits per heavy atom. The van der Waals surface area contributed by atoms with Crippen molar-refractivity contribution in [3.05, 3.63) is 64.8 Å². The van der Waals surface area contributed by atoms with Gasteiger partial charge < -0.3 is 3.07 Å². The van der Waals surface area contributed by atoms with Gasteiger partial charge in [-0.2, -0.15) is 0 Å². The molecule has 1 aliphatic rings. The van der Waals surface area contributed by atoms with Crippen LogP contribution in [0.1, 0.15) is 64.7 Å². The summed E-state index contributed by atoms with van der Waals surface area (Å²) < 4.78 is 5.83. The van der Waals surface area contributed by atoms with Crippen molar-refractivity contribution in [1.82, 2.24) is 0 Å². The first kappa shape index (κ1) is 19.3. The fourth-order valence-corrected chi connectivity index (χ4v) is 3.45. The van der Waals surface area contributed by atoms with E-state index in [0.29, 0.717) is 0 Å². The molecular weight excluding hydrogens is 407 g/mol. The minimum atomic E-state index is 0.0474. The third-order valence-electron chi connectivity index (χ3n) is 4.32. The monoisotopic (exact) mass is 436 g/mol. The van der Waals surface area contributed by atoms with Crippen molar-refractivity contribution in [3.8, 4) is 5.75 Å². The molecule has 0 radical (unpaired) electrons. The van der Waals surface area contributed by atoms with Gasteiger partial charge in [0.1, 0.15) is 5.75 Å². The standard InChI is InChI=1S/C22H29IO/c1-21(2,3)18-14-17(13-16-11-9-7-8-10-12-16)15-19(20(18)24-23)22(4,5)6/h7-9,11-12,14-15H,10,13H2,1-6H3. The van der Waals surface area contributed by atoms with Crippen LogP contribution in [-0.2, 0) is 17.3 Å². The molecule has 0 fully saturated rings. The van der Waals surface area contributed by atoms with E-state index in [2.05, 4.69) is 84.1 Å². The maximum absolute atomic E-state index is 5.83. The summed E-state index contributed by atoms with van der Waals surface area (Å²) >= 11 is 2.03. The number of hydrogen-bond donors (Lipinski definition) is 0. The first-order chi connectivity index (χ1) is 11.1. The molecule has 0 N–H and O–H groups in total. The average Bonchev–Trinajstić information content (AvgIpc) is 2.73. The topological polar surface area (TPSA) is 9.23 Å². The fraction of sp³-hybridized carbons (Fsp3) is 0.455. The van der Waals surface area contributed by atoms with Crippen molar-refractivity contribution in [2.24, 2.45) is 0 Å². The van der Waals surface area contributed by atoms with Crippen LogP contribution in [0.15, 0.2) is 48.1 Å². The average molecular weight is 436 g/mol. The molecule has 0 atom stereocenters. The molecule has 0 spiro atoms. The normalized spacial score (nSPS) is 15.2. The summed E-state index contributed by atoms with van der Waals surface area (Å²) in [5.41, 5.74) is 5.41. The third-order valence-corrected chi connectivity index (χ3v) is 4.76. The van der Waals surface area contributed by atoms with Gasteiger partial charge in [-0.3, -0.25) is 0 Å². The van der Waals surface area contributed by atoms with E-state index < -0.39 is 0 Å². The largest absolute Gasteiger partial charge is 0.427 e. The van der Waals surface area contributed by atoms with Crippen LogP contribution < -0.4 is 3.07 Å². The van der Waals surface area contributed by atoms with Crippen LogP contribution in [0.2, 0.25) is 0 Å². The van der Waals surface area contributed by atoms with Gasteiger partial charge in [0.25, 0.3) is 0 Å². The molecule has 2 heteroatoms. The van der Waals surface area contributed by atoms with E-state index in [4.69, 9.17) is 3.07 Å². The van der Waals surface area contributed by atoms with Crippen molar-refractivity contribution in [3.63, 3.8) is 0 Å². The number of allylic oxidation sites excluding steroid dienone is 6. The lowest BCUT2D eigenvalue weighted by molar-refractivity contribution is 0.526. The van der Waals surface area contributed by atoms with Crippen molar-refractivity contribution >= 4 is 23.0 Å². The van der Waals surface area contributed by atoms with Crippen LogP contribution in [0.4, 0.5) is 0 Å². The second-order valence-corrected chi connectivity index (χ2v) is 9.02. The second kappa shape index (κ2) is 7.47. The van der Waals surface area contributed by atoms with E-state index in [0.717, 1.165) is 18.6 Å². The number of rotatable bonds is 3. The molecule has 0 amide bonds. The van der Waals surface area contributed by atoms with Crippen LogP contribution in [0.25, 0.3) is 0 Å². The van der Waals surface area contributed by atoms with Crippen molar-refractivity contribution < 1.29 is 3.07 Å². The molecule has 130 valence electrons. The Bertz CT molecular complexity index is 644. The Hall–Kier alpha value is -1.03. The van der Waals surface area contributed by atoms with E-state index in [1.54, 1.807) is 0 Å². The van der Waals surface area contributed by atoms with Crippen LogP contribution in [-0.4, -0.2) is 0 Å². The predicted octanol–water partition coefficient (Wildman–Crippen LogP) is 7.00. The Morgan fingerprint density at radius 2 is 1.54 bits per heavy atom. The maximum atomic E-state index is 5.83. The molecule has 0 bridgehead atoms. The van der Waals surface area contributed by atoms with Gasteiger partial charge in [0.2, 0.25) is 0 Å². The Morgan fingerprint density at radius 1 is 0.958 bits per heavy atom. The van der Waals surface area contributed by atoms with Gasteiger partial charge in [-0.1, -0.05) is 84.1 Å². The van der Waals surface area contributed by atoms with Gasteiger partial charge in [-0.25, -0.2) is 0 Å². The van der Waals surface area contributed by atoms with Crippen molar-refractivity contribution in [2.45, 2.75) is 65.2 Å². The zero-order chi connectivity index (χ0) is 18.0. The van der Waals surface area contributed by atoms with Crippen molar-refractivity contribution in [1.29, 1.82) is 0 Å². The maximum Gasteiger partial charge on any atom is 0.192 e. The quantitative estimate of drug-likeness (QED) is 0.464. The highest BCUT2D eigenvalue weighted by atomic mass is 127. The van der Waals surface area contributed by atoms with E-state index in [9.17, 15) is 0 Å². The Labute approximate surface area is 161 Å². The third kappa shape index (κ3) is 4.75. The highest BCUT2D eigenvalue weighted by molar-refractivity contribution is 14.1. The highest BCUT2D eigenvalue weighted by Gasteiger charge is 2.27. The first-order valence-corrected chi connectivity index (χ1v) is 9.49. The summed E-state index contributed by atoms with van der Waals surface area (Å²) in [6.45, 7) is 13.5. The van der Waals surface area contributed by atoms with Gasteiger partial charge in [0.15, 0.2) is 23.0 Å². The summed E-state index contributed by atoms with van der Waals surface area (Å²) in [5, 5.41) is 0. The lowest BCUT2D eigenvalue weighted by atomic mass is 9.78. The minimum Gasteiger partial charge on any atom is -0.427 e. The molecule has 0 aromatic heterocycles. The summed E-state index contributed by atoms with van der Waals surface area (Å²) in [6, 6.07) is 4.66. The lowest BCUT2D eigenvalue weighted by Crippen LogP contribution is -2.19. The van der Waals surface area contributed by atoms with Crippen LogP contribution in [0.5, 0.6) is 5.75 Å². The first-order valence-electron chi connectivity index (χ1n) is 8.61. The van der Waals surface area contributed by atoms with Crippen LogP contribution in [0, 0.1) is 0 Å². The molecule has 1 aromatic rings. The van der Waals surface area contributed by atoms with E-state index in [1.165, 1.54) is 22.3 Å². The SMILES string of the molecule is CC(C)(C)c1cc(CC2=CCC=CC=C2)cc(C(C)(C)C)c1OI. The van der Waals surface area contributed by atoms with Gasteiger partial charge in [0, 0.05) is 11.1 Å². The predicted molar refractivity (Wildman–Crippen MR) is 113 cm³/mol. The molecule has 0 unspecified atom stereocenters. The van der Waals surface area contributed by atoms with Gasteiger partial charge >= 0.3 is 0 Å². The number of halogens is 1. The van der Waals surface area contributed by atoms with E-state index >= 15 is 0 Å². The number of benzene rings is 1. The number of hydrogen-bond acceptors (Lipinski definition) is 1. The van der Waals surface area contributed by atoms with Crippen molar-refractivity contribution in [2.75, 3.05) is 0 Å². The molecular formula is C22H29IO. The zero-order valence-electron chi connectivity index (χ0n) is 15.7. The van der Waals surface area contributed by atoms with Gasteiger partial charge in [-0.15, -0.1) is 0 Å². The molecule has 0 aliphatic heterocycles. The summed E-state index contributed by atoms with van der Waals surface area (Å²) in [7, 11) is 0. The van der Waals surface area contributed by atoms with E-state index in [1.807, 2.05) is 23.0 Å². The molecule has 2 rings (SSSR count). The van der Waals surface area contributed by atoms with Crippen LogP contribution in [0.3, 0.4) is 0 Å². The molecule has 0 saturated heterocycles. The molecule has 1 aliphatic carbocycles. The summed E-state index contributed by atoms with van der Waals surface area (Å²) in [4.78, 5) is 0. The molecule has 1 nitrogen and oxygen atoms in total. The van der Waals surface area contributed by atoms with E-state index in [-0.39, 0.29) is 10.8 Å². The van der Waals surface area contributed by atoms with Gasteiger partial charge in [-0.05, 0) is 34.8 Å². The Kier molecular flexibility index (Phi) is 6.00. The Balaban J connectivity index is 2.55. The summed E-state index contributed by atoms with van der Waals surface area (Å²) in [5.74, 6) is 1.03. The molecule has 24 heavy (non-hydrogen) atoms. The fourth-order valence-electron chi connectivity index (χ4n) is 2.98. The summed E-state index contributed by atoms with van der Waals surface area (Å²) in [6.07, 6.45) is 13.0. The van der Waals surface area contributed by atoms with Gasteiger partial charge in [0.05, 0.1) is 0 Å². The van der Waals surface area contributed by atoms with Crippen LogP contribution >= 0.6 is 23.0 Å². The zero-order valence-corrected chi connectivity index (χ0v) is 17.9. The minimum absolute atomic E-state index is 0.0474. The second-order valence-electron chi connectivity index (χ2n) is 8.58. The lowest BCUT2D eigenvalue weighted by Gasteiger charge is -2.29. The molecule has 1 aromatic carbocycles. The molecule has 0 saturated carbocycles.